The topological polar surface area (TPSA) is 56.0 Å². The Hall–Kier alpha value is -2.30. The van der Waals surface area contributed by atoms with Crippen molar-refractivity contribution in [2.75, 3.05) is 0 Å². The summed E-state index contributed by atoms with van der Waals surface area (Å²) in [6, 6.07) is 6.81. The van der Waals surface area contributed by atoms with Crippen LogP contribution >= 0.6 is 0 Å². The van der Waals surface area contributed by atoms with Crippen molar-refractivity contribution < 1.29 is 4.79 Å². The van der Waals surface area contributed by atoms with Crippen LogP contribution < -0.4 is 10.9 Å². The molecule has 0 fully saturated rings. The molecule has 0 saturated heterocycles. The van der Waals surface area contributed by atoms with Gasteiger partial charge >= 0.3 is 0 Å². The summed E-state index contributed by atoms with van der Waals surface area (Å²) in [6.07, 6.45) is 3.50. The second-order valence-corrected chi connectivity index (χ2v) is 4.16. The van der Waals surface area contributed by atoms with Crippen LogP contribution in [-0.2, 0) is 20.6 Å². The number of aryl methyl sites for hydroxylation is 2. The Bertz CT molecular complexity index is 625. The van der Waals surface area contributed by atoms with E-state index >= 15 is 0 Å². The van der Waals surface area contributed by atoms with Crippen molar-refractivity contribution in [3.05, 3.63) is 58.3 Å². The molecule has 2 heterocycles. The Morgan fingerprint density at radius 3 is 2.61 bits per heavy atom. The maximum atomic E-state index is 11.8. The van der Waals surface area contributed by atoms with E-state index in [1.807, 2.05) is 29.9 Å². The first kappa shape index (κ1) is 12.2. The molecule has 5 nitrogen and oxygen atoms in total. The largest absolute Gasteiger partial charge is 0.353 e. The highest BCUT2D eigenvalue weighted by atomic mass is 16.2. The van der Waals surface area contributed by atoms with E-state index in [-0.39, 0.29) is 11.5 Å². The number of carbonyl (C=O) groups is 1. The predicted molar refractivity (Wildman–Crippen MR) is 68.3 cm³/mol. The van der Waals surface area contributed by atoms with Crippen molar-refractivity contribution in [3.8, 4) is 0 Å². The SMILES string of the molecule is Cn1cccc1CNC(=O)c1ccn(C)c(=O)c1. The van der Waals surface area contributed by atoms with Gasteiger partial charge in [-0.05, 0) is 18.2 Å². The van der Waals surface area contributed by atoms with Gasteiger partial charge in [-0.1, -0.05) is 0 Å². The highest BCUT2D eigenvalue weighted by molar-refractivity contribution is 5.93. The van der Waals surface area contributed by atoms with Crippen LogP contribution in [0.4, 0.5) is 0 Å². The summed E-state index contributed by atoms with van der Waals surface area (Å²) in [6.45, 7) is 0.442. The van der Waals surface area contributed by atoms with E-state index in [1.54, 1.807) is 19.3 Å². The van der Waals surface area contributed by atoms with Crippen molar-refractivity contribution in [2.24, 2.45) is 14.1 Å². The zero-order chi connectivity index (χ0) is 13.1. The lowest BCUT2D eigenvalue weighted by atomic mass is 10.2. The average molecular weight is 245 g/mol. The molecule has 2 aromatic rings. The van der Waals surface area contributed by atoms with Crippen LogP contribution in [0.1, 0.15) is 16.1 Å². The molecule has 18 heavy (non-hydrogen) atoms. The van der Waals surface area contributed by atoms with Gasteiger partial charge in [-0.3, -0.25) is 9.59 Å². The molecule has 0 aromatic carbocycles. The number of aromatic nitrogens is 2. The third-order valence-electron chi connectivity index (χ3n) is 2.85. The molecule has 0 radical (unpaired) electrons. The van der Waals surface area contributed by atoms with Gasteiger partial charge in [0.25, 0.3) is 11.5 Å². The highest BCUT2D eigenvalue weighted by Gasteiger charge is 2.07. The van der Waals surface area contributed by atoms with Gasteiger partial charge in [0.05, 0.1) is 6.54 Å². The number of carbonyl (C=O) groups excluding carboxylic acids is 1. The van der Waals surface area contributed by atoms with E-state index in [2.05, 4.69) is 5.32 Å². The number of amides is 1. The van der Waals surface area contributed by atoms with Crippen LogP contribution in [0.2, 0.25) is 0 Å². The standard InChI is InChI=1S/C13H15N3O2/c1-15-6-3-4-11(15)9-14-13(18)10-5-7-16(2)12(17)8-10/h3-8H,9H2,1-2H3,(H,14,18). The first-order valence-corrected chi connectivity index (χ1v) is 5.63. The molecule has 0 atom stereocenters. The summed E-state index contributed by atoms with van der Waals surface area (Å²) in [7, 11) is 3.56. The number of rotatable bonds is 3. The molecule has 0 aliphatic carbocycles. The Balaban J connectivity index is 2.06. The monoisotopic (exact) mass is 245 g/mol. The van der Waals surface area contributed by atoms with Crippen LogP contribution in [-0.4, -0.2) is 15.0 Å². The molecule has 0 bridgehead atoms. The minimum Gasteiger partial charge on any atom is -0.353 e. The Morgan fingerprint density at radius 1 is 1.22 bits per heavy atom. The first-order valence-electron chi connectivity index (χ1n) is 5.63. The lowest BCUT2D eigenvalue weighted by molar-refractivity contribution is 0.0950. The van der Waals surface area contributed by atoms with Gasteiger partial charge in [0, 0.05) is 43.8 Å². The predicted octanol–water partition coefficient (Wildman–Crippen LogP) is 0.654. The van der Waals surface area contributed by atoms with Crippen molar-refractivity contribution >= 4 is 5.91 Å². The van der Waals surface area contributed by atoms with E-state index in [0.29, 0.717) is 12.1 Å². The van der Waals surface area contributed by atoms with Crippen LogP contribution in [0.3, 0.4) is 0 Å². The third kappa shape index (κ3) is 2.51. The molecule has 5 heteroatoms. The molecule has 0 aliphatic heterocycles. The second-order valence-electron chi connectivity index (χ2n) is 4.16. The molecule has 0 saturated carbocycles. The van der Waals surface area contributed by atoms with Crippen LogP contribution in [0, 0.1) is 0 Å². The summed E-state index contributed by atoms with van der Waals surface area (Å²) in [4.78, 5) is 23.3. The lowest BCUT2D eigenvalue weighted by Crippen LogP contribution is -2.26. The molecule has 94 valence electrons. The maximum Gasteiger partial charge on any atom is 0.251 e. The number of nitrogens with zero attached hydrogens (tertiary/aromatic N) is 2. The quantitative estimate of drug-likeness (QED) is 0.863. The van der Waals surface area contributed by atoms with Gasteiger partial charge < -0.3 is 14.5 Å². The van der Waals surface area contributed by atoms with Gasteiger partial charge in [-0.25, -0.2) is 0 Å². The average Bonchev–Trinajstić information content (AvgIpc) is 2.75. The lowest BCUT2D eigenvalue weighted by Gasteiger charge is -2.06. The fraction of sp³-hybridized carbons (Fsp3) is 0.231. The third-order valence-corrected chi connectivity index (χ3v) is 2.85. The number of hydrogen-bond donors (Lipinski definition) is 1. The Labute approximate surface area is 105 Å². The van der Waals surface area contributed by atoms with E-state index in [9.17, 15) is 9.59 Å². The molecular formula is C13H15N3O2. The van der Waals surface area contributed by atoms with Gasteiger partial charge in [0.2, 0.25) is 0 Å². The smallest absolute Gasteiger partial charge is 0.251 e. The minimum absolute atomic E-state index is 0.193. The number of pyridine rings is 1. The Morgan fingerprint density at radius 2 is 2.00 bits per heavy atom. The molecule has 0 unspecified atom stereocenters. The minimum atomic E-state index is -0.242. The summed E-state index contributed by atoms with van der Waals surface area (Å²) in [5.41, 5.74) is 1.20. The molecule has 0 spiro atoms. The van der Waals surface area contributed by atoms with E-state index < -0.39 is 0 Å². The molecule has 1 amide bonds. The van der Waals surface area contributed by atoms with Gasteiger partial charge in [0.15, 0.2) is 0 Å². The van der Waals surface area contributed by atoms with E-state index in [0.717, 1.165) is 5.69 Å². The van der Waals surface area contributed by atoms with Gasteiger partial charge in [0.1, 0.15) is 0 Å². The van der Waals surface area contributed by atoms with Gasteiger partial charge in [-0.2, -0.15) is 0 Å². The fourth-order valence-electron chi connectivity index (χ4n) is 1.64. The first-order chi connectivity index (χ1) is 8.58. The van der Waals surface area contributed by atoms with Crippen LogP contribution in [0.15, 0.2) is 41.5 Å². The summed E-state index contributed by atoms with van der Waals surface area (Å²) >= 11 is 0. The molecular weight excluding hydrogens is 230 g/mol. The van der Waals surface area contributed by atoms with Crippen LogP contribution in [0.5, 0.6) is 0 Å². The maximum absolute atomic E-state index is 11.8. The second kappa shape index (κ2) is 4.91. The molecule has 1 N–H and O–H groups in total. The number of hydrogen-bond acceptors (Lipinski definition) is 2. The van der Waals surface area contributed by atoms with Crippen molar-refractivity contribution in [1.29, 1.82) is 0 Å². The summed E-state index contributed by atoms with van der Waals surface area (Å²) < 4.78 is 3.36. The highest BCUT2D eigenvalue weighted by Crippen LogP contribution is 2.00. The summed E-state index contributed by atoms with van der Waals surface area (Å²) in [5, 5.41) is 2.78. The summed E-state index contributed by atoms with van der Waals surface area (Å²) in [5.74, 6) is -0.242. The van der Waals surface area contributed by atoms with Crippen LogP contribution in [0.25, 0.3) is 0 Å². The van der Waals surface area contributed by atoms with Crippen molar-refractivity contribution in [1.82, 2.24) is 14.5 Å². The molecule has 0 aliphatic rings. The zero-order valence-corrected chi connectivity index (χ0v) is 10.4. The molecule has 2 aromatic heterocycles. The fourth-order valence-corrected chi connectivity index (χ4v) is 1.64. The Kier molecular flexibility index (Phi) is 3.32. The van der Waals surface area contributed by atoms with Crippen molar-refractivity contribution in [3.63, 3.8) is 0 Å². The zero-order valence-electron chi connectivity index (χ0n) is 10.4. The van der Waals surface area contributed by atoms with Gasteiger partial charge in [-0.15, -0.1) is 0 Å². The van der Waals surface area contributed by atoms with E-state index in [1.165, 1.54) is 10.6 Å². The van der Waals surface area contributed by atoms with Crippen molar-refractivity contribution in [2.45, 2.75) is 6.54 Å². The van der Waals surface area contributed by atoms with E-state index in [4.69, 9.17) is 0 Å². The normalized spacial score (nSPS) is 10.3. The number of nitrogens with one attached hydrogen (secondary N) is 1. The molecule has 2 rings (SSSR count).